The predicted molar refractivity (Wildman–Crippen MR) is 105 cm³/mol. The summed E-state index contributed by atoms with van der Waals surface area (Å²) < 4.78 is 3.40. The molecular weight excluding hydrogens is 378 g/mol. The lowest BCUT2D eigenvalue weighted by Gasteiger charge is -2.22. The Morgan fingerprint density at radius 3 is 2.82 bits per heavy atom. The molecule has 1 aliphatic rings. The summed E-state index contributed by atoms with van der Waals surface area (Å²) in [6.45, 7) is 0. The number of rotatable bonds is 2. The molecule has 1 saturated carbocycles. The first-order valence-electron chi connectivity index (χ1n) is 9.21. The average molecular weight is 394 g/mol. The van der Waals surface area contributed by atoms with Crippen molar-refractivity contribution in [3.8, 4) is 12.0 Å². The van der Waals surface area contributed by atoms with Crippen LogP contribution in [-0.4, -0.2) is 29.1 Å². The van der Waals surface area contributed by atoms with Gasteiger partial charge in [0.15, 0.2) is 10.8 Å². The van der Waals surface area contributed by atoms with Gasteiger partial charge >= 0.3 is 5.69 Å². The van der Waals surface area contributed by atoms with Crippen molar-refractivity contribution in [2.75, 3.05) is 0 Å². The minimum Gasteiger partial charge on any atom is -0.302 e. The fraction of sp³-hybridized carbons (Fsp3) is 0.316. The molecule has 0 spiro atoms. The van der Waals surface area contributed by atoms with E-state index >= 15 is 0 Å². The van der Waals surface area contributed by atoms with Crippen molar-refractivity contribution in [2.45, 2.75) is 38.1 Å². The van der Waals surface area contributed by atoms with Gasteiger partial charge in [-0.25, -0.2) is 9.78 Å². The van der Waals surface area contributed by atoms with Gasteiger partial charge in [-0.05, 0) is 31.0 Å². The van der Waals surface area contributed by atoms with Gasteiger partial charge in [-0.2, -0.15) is 15.2 Å². The number of imidazole rings is 2. The second-order valence-corrected chi connectivity index (χ2v) is 7.39. The van der Waals surface area contributed by atoms with E-state index in [1.54, 1.807) is 33.7 Å². The summed E-state index contributed by atoms with van der Waals surface area (Å²) in [7, 11) is 0. The lowest BCUT2D eigenvalue weighted by molar-refractivity contribution is 0.352. The molecule has 0 amide bonds. The zero-order valence-electron chi connectivity index (χ0n) is 14.9. The number of benzene rings is 1. The van der Waals surface area contributed by atoms with Crippen LogP contribution in [0.2, 0.25) is 5.15 Å². The highest BCUT2D eigenvalue weighted by atomic mass is 35.5. The molecule has 4 aromatic rings. The molecule has 28 heavy (non-hydrogen) atoms. The Labute approximate surface area is 164 Å². The SMILES string of the molecule is N#Cc1ccc2ncn(-c3nc(Cl)c4[nH]c(=O)n(C5CCCCC5)c4n3)c2c1. The number of aromatic nitrogens is 6. The summed E-state index contributed by atoms with van der Waals surface area (Å²) in [6.07, 6.45) is 6.87. The fourth-order valence-corrected chi connectivity index (χ4v) is 4.19. The molecule has 8 nitrogen and oxygen atoms in total. The zero-order valence-corrected chi connectivity index (χ0v) is 15.6. The topological polar surface area (TPSA) is 105 Å². The number of fused-ring (bicyclic) bond motifs is 2. The van der Waals surface area contributed by atoms with Crippen LogP contribution in [0.4, 0.5) is 0 Å². The molecule has 0 unspecified atom stereocenters. The van der Waals surface area contributed by atoms with Crippen LogP contribution in [0.15, 0.2) is 29.3 Å². The highest BCUT2D eigenvalue weighted by Crippen LogP contribution is 2.30. The van der Waals surface area contributed by atoms with E-state index < -0.39 is 0 Å². The summed E-state index contributed by atoms with van der Waals surface area (Å²) >= 11 is 6.39. The lowest BCUT2D eigenvalue weighted by atomic mass is 9.95. The first-order chi connectivity index (χ1) is 13.7. The molecule has 1 N–H and O–H groups in total. The van der Waals surface area contributed by atoms with E-state index in [0.717, 1.165) is 31.2 Å². The highest BCUT2D eigenvalue weighted by Gasteiger charge is 2.23. The number of halogens is 1. The van der Waals surface area contributed by atoms with E-state index in [1.807, 2.05) is 0 Å². The van der Waals surface area contributed by atoms with Gasteiger partial charge in [-0.3, -0.25) is 9.13 Å². The number of nitrogens with zero attached hydrogens (tertiary/aromatic N) is 6. The molecule has 140 valence electrons. The molecular formula is C19H16ClN7O. The third-order valence-electron chi connectivity index (χ3n) is 5.34. The second-order valence-electron chi connectivity index (χ2n) is 7.03. The van der Waals surface area contributed by atoms with Gasteiger partial charge in [0.2, 0.25) is 5.95 Å². The number of H-pyrrole nitrogens is 1. The van der Waals surface area contributed by atoms with Gasteiger partial charge in [-0.15, -0.1) is 0 Å². The minimum absolute atomic E-state index is 0.110. The fourth-order valence-electron chi connectivity index (χ4n) is 3.98. The van der Waals surface area contributed by atoms with Crippen molar-refractivity contribution in [1.29, 1.82) is 5.26 Å². The molecule has 1 aromatic carbocycles. The molecule has 1 fully saturated rings. The van der Waals surface area contributed by atoms with Crippen LogP contribution in [-0.2, 0) is 0 Å². The van der Waals surface area contributed by atoms with Crippen molar-refractivity contribution in [1.82, 2.24) is 29.1 Å². The molecule has 0 bridgehead atoms. The van der Waals surface area contributed by atoms with Crippen LogP contribution in [0.1, 0.15) is 43.7 Å². The van der Waals surface area contributed by atoms with Gasteiger partial charge in [0.05, 0.1) is 22.7 Å². The Morgan fingerprint density at radius 1 is 1.21 bits per heavy atom. The second kappa shape index (κ2) is 6.46. The number of hydrogen-bond acceptors (Lipinski definition) is 5. The van der Waals surface area contributed by atoms with E-state index in [4.69, 9.17) is 11.6 Å². The number of nitrogens with one attached hydrogen (secondary N) is 1. The average Bonchev–Trinajstić information content (AvgIpc) is 3.28. The van der Waals surface area contributed by atoms with E-state index in [1.165, 1.54) is 6.42 Å². The summed E-state index contributed by atoms with van der Waals surface area (Å²) in [6, 6.07) is 7.46. The number of hydrogen-bond donors (Lipinski definition) is 1. The van der Waals surface area contributed by atoms with Gasteiger partial charge in [0.1, 0.15) is 11.8 Å². The summed E-state index contributed by atoms with van der Waals surface area (Å²) in [5, 5.41) is 9.38. The first kappa shape index (κ1) is 17.0. The Bertz CT molecular complexity index is 1300. The van der Waals surface area contributed by atoms with Crippen molar-refractivity contribution in [2.24, 2.45) is 0 Å². The summed E-state index contributed by atoms with van der Waals surface area (Å²) in [5.41, 5.74) is 2.68. The Hall–Kier alpha value is -3.18. The molecule has 0 aliphatic heterocycles. The van der Waals surface area contributed by atoms with Crippen molar-refractivity contribution in [3.05, 3.63) is 45.7 Å². The lowest BCUT2D eigenvalue weighted by Crippen LogP contribution is -2.24. The highest BCUT2D eigenvalue weighted by molar-refractivity contribution is 6.33. The summed E-state index contributed by atoms with van der Waals surface area (Å²) in [4.78, 5) is 28.8. The van der Waals surface area contributed by atoms with E-state index in [2.05, 4.69) is 26.0 Å². The Morgan fingerprint density at radius 2 is 2.04 bits per heavy atom. The molecule has 3 heterocycles. The van der Waals surface area contributed by atoms with Crippen molar-refractivity contribution in [3.63, 3.8) is 0 Å². The Balaban J connectivity index is 1.73. The molecule has 0 radical (unpaired) electrons. The van der Waals surface area contributed by atoms with E-state index in [-0.39, 0.29) is 16.9 Å². The van der Waals surface area contributed by atoms with Crippen LogP contribution in [0, 0.1) is 11.3 Å². The van der Waals surface area contributed by atoms with Crippen LogP contribution in [0.5, 0.6) is 0 Å². The van der Waals surface area contributed by atoms with E-state index in [0.29, 0.717) is 28.2 Å². The smallest absolute Gasteiger partial charge is 0.302 e. The summed E-state index contributed by atoms with van der Waals surface area (Å²) in [5.74, 6) is 0.318. The molecule has 9 heteroatoms. The van der Waals surface area contributed by atoms with Gasteiger partial charge in [0.25, 0.3) is 0 Å². The van der Waals surface area contributed by atoms with Crippen molar-refractivity contribution < 1.29 is 0 Å². The largest absolute Gasteiger partial charge is 0.328 e. The maximum Gasteiger partial charge on any atom is 0.328 e. The number of aromatic amines is 1. The minimum atomic E-state index is -0.211. The van der Waals surface area contributed by atoms with Crippen LogP contribution >= 0.6 is 11.6 Å². The quantitative estimate of drug-likeness (QED) is 0.525. The van der Waals surface area contributed by atoms with Gasteiger partial charge < -0.3 is 4.98 Å². The van der Waals surface area contributed by atoms with Gasteiger partial charge in [0, 0.05) is 6.04 Å². The molecule has 1 aliphatic carbocycles. The first-order valence-corrected chi connectivity index (χ1v) is 9.59. The maximum absolute atomic E-state index is 12.6. The number of nitriles is 1. The van der Waals surface area contributed by atoms with Crippen LogP contribution in [0.25, 0.3) is 28.1 Å². The standard InChI is InChI=1S/C19H16ClN7O/c20-16-15-17(27(19(28)23-15)12-4-2-1-3-5-12)25-18(24-16)26-10-22-13-7-6-11(9-21)8-14(13)26/h6-8,10,12H,1-5H2,(H,23,28). The normalized spacial score (nSPS) is 15.3. The molecule has 0 saturated heterocycles. The Kier molecular flexibility index (Phi) is 3.91. The third-order valence-corrected chi connectivity index (χ3v) is 5.62. The maximum atomic E-state index is 12.6. The van der Waals surface area contributed by atoms with Crippen LogP contribution < -0.4 is 5.69 Å². The zero-order chi connectivity index (χ0) is 19.3. The van der Waals surface area contributed by atoms with Crippen LogP contribution in [0.3, 0.4) is 0 Å². The molecule has 3 aromatic heterocycles. The molecule has 5 rings (SSSR count). The van der Waals surface area contributed by atoms with E-state index in [9.17, 15) is 10.1 Å². The van der Waals surface area contributed by atoms with Gasteiger partial charge in [-0.1, -0.05) is 30.9 Å². The predicted octanol–water partition coefficient (Wildman–Crippen LogP) is 3.49. The monoisotopic (exact) mass is 393 g/mol. The van der Waals surface area contributed by atoms with Crippen molar-refractivity contribution >= 4 is 33.8 Å². The molecule has 0 atom stereocenters. The third kappa shape index (κ3) is 2.59.